The topological polar surface area (TPSA) is 69.3 Å². The minimum atomic E-state index is -0.496. The van der Waals surface area contributed by atoms with Crippen molar-refractivity contribution < 1.29 is 22.7 Å². The van der Waals surface area contributed by atoms with Crippen LogP contribution in [0, 0.1) is 11.6 Å². The molecule has 1 N–H and O–H groups in total. The molecule has 0 radical (unpaired) electrons. The predicted octanol–water partition coefficient (Wildman–Crippen LogP) is 6.05. The Morgan fingerprint density at radius 3 is 2.62 bits per heavy atom. The van der Waals surface area contributed by atoms with Gasteiger partial charge in [0.2, 0.25) is 0 Å². The van der Waals surface area contributed by atoms with Crippen LogP contribution >= 0.6 is 27.5 Å². The van der Waals surface area contributed by atoms with Crippen molar-refractivity contribution >= 4 is 39.3 Å². The minimum absolute atomic E-state index is 0.00856. The minimum Gasteiger partial charge on any atom is -0.484 e. The van der Waals surface area contributed by atoms with Crippen LogP contribution < -0.4 is 10.1 Å². The molecule has 4 aromatic rings. The molecule has 1 amide bonds. The summed E-state index contributed by atoms with van der Waals surface area (Å²) in [6.45, 7) is 0.414. The van der Waals surface area contributed by atoms with E-state index in [9.17, 15) is 13.6 Å². The number of halogens is 4. The number of rotatable bonds is 7. The van der Waals surface area contributed by atoms with Crippen LogP contribution in [-0.2, 0) is 13.2 Å². The van der Waals surface area contributed by atoms with Gasteiger partial charge in [-0.3, -0.25) is 9.48 Å². The predicted molar refractivity (Wildman–Crippen MR) is 118 cm³/mol. The summed E-state index contributed by atoms with van der Waals surface area (Å²) in [5.41, 5.74) is 0.858. The van der Waals surface area contributed by atoms with Gasteiger partial charge in [0.25, 0.3) is 5.91 Å². The second-order valence-corrected chi connectivity index (χ2v) is 7.99. The molecule has 0 aliphatic rings. The van der Waals surface area contributed by atoms with Crippen molar-refractivity contribution in [3.8, 4) is 5.75 Å². The van der Waals surface area contributed by atoms with Gasteiger partial charge in [-0.05, 0) is 64.0 Å². The smallest absolute Gasteiger partial charge is 0.292 e. The summed E-state index contributed by atoms with van der Waals surface area (Å²) in [5.74, 6) is -0.220. The lowest BCUT2D eigenvalue weighted by Crippen LogP contribution is -2.12. The third-order valence-corrected chi connectivity index (χ3v) is 5.23. The highest BCUT2D eigenvalue weighted by molar-refractivity contribution is 9.10. The van der Waals surface area contributed by atoms with E-state index in [4.69, 9.17) is 20.8 Å². The monoisotopic (exact) mass is 521 g/mol. The molecule has 0 spiro atoms. The highest BCUT2D eigenvalue weighted by Crippen LogP contribution is 2.26. The molecule has 0 saturated heterocycles. The fourth-order valence-corrected chi connectivity index (χ4v) is 3.46. The Balaban J connectivity index is 1.37. The Labute approximate surface area is 194 Å². The van der Waals surface area contributed by atoms with Gasteiger partial charge in [-0.15, -0.1) is 0 Å². The summed E-state index contributed by atoms with van der Waals surface area (Å²) in [7, 11) is 0. The number of furan rings is 1. The van der Waals surface area contributed by atoms with Crippen LogP contribution in [0.15, 0.2) is 69.7 Å². The molecule has 6 nitrogen and oxygen atoms in total. The molecule has 0 aliphatic carbocycles. The highest BCUT2D eigenvalue weighted by atomic mass is 79.9. The summed E-state index contributed by atoms with van der Waals surface area (Å²) >= 11 is 9.29. The van der Waals surface area contributed by atoms with Crippen LogP contribution in [0.1, 0.15) is 21.9 Å². The number of carbonyl (C=O) groups excluding carboxylic acids is 1. The first-order chi connectivity index (χ1) is 15.4. The number of benzene rings is 2. The quantitative estimate of drug-likeness (QED) is 0.321. The fraction of sp³-hybridized carbons (Fsp3) is 0.0909. The second-order valence-electron chi connectivity index (χ2n) is 6.73. The van der Waals surface area contributed by atoms with Crippen molar-refractivity contribution in [2.75, 3.05) is 5.32 Å². The molecule has 4 rings (SSSR count). The Morgan fingerprint density at radius 2 is 1.88 bits per heavy atom. The van der Waals surface area contributed by atoms with Crippen LogP contribution in [0.5, 0.6) is 5.75 Å². The van der Waals surface area contributed by atoms with Gasteiger partial charge in [-0.25, -0.2) is 8.78 Å². The van der Waals surface area contributed by atoms with E-state index < -0.39 is 11.7 Å². The van der Waals surface area contributed by atoms with Crippen molar-refractivity contribution in [3.05, 3.63) is 99.0 Å². The Bertz CT molecular complexity index is 1260. The number of amides is 1. The molecular formula is C22H15BrClF2N3O3. The molecule has 0 fully saturated rings. The largest absolute Gasteiger partial charge is 0.484 e. The summed E-state index contributed by atoms with van der Waals surface area (Å²) in [6.07, 6.45) is 1.70. The zero-order valence-corrected chi connectivity index (χ0v) is 18.7. The van der Waals surface area contributed by atoms with Crippen molar-refractivity contribution in [1.29, 1.82) is 0 Å². The van der Waals surface area contributed by atoms with Gasteiger partial charge in [-0.2, -0.15) is 5.10 Å². The van der Waals surface area contributed by atoms with Crippen molar-refractivity contribution in [2.24, 2.45) is 0 Å². The zero-order valence-electron chi connectivity index (χ0n) is 16.3. The van der Waals surface area contributed by atoms with Gasteiger partial charge in [0.05, 0.1) is 16.0 Å². The lowest BCUT2D eigenvalue weighted by atomic mass is 10.2. The van der Waals surface area contributed by atoms with E-state index in [-0.39, 0.29) is 23.2 Å². The number of hydrogen-bond donors (Lipinski definition) is 1. The van der Waals surface area contributed by atoms with E-state index >= 15 is 0 Å². The molecule has 164 valence electrons. The van der Waals surface area contributed by atoms with Crippen molar-refractivity contribution in [1.82, 2.24) is 9.78 Å². The number of carbonyl (C=O) groups is 1. The number of aromatic nitrogens is 2. The third-order valence-electron chi connectivity index (χ3n) is 4.36. The van der Waals surface area contributed by atoms with Crippen LogP contribution in [0.2, 0.25) is 5.02 Å². The van der Waals surface area contributed by atoms with Gasteiger partial charge in [0.15, 0.2) is 11.6 Å². The SMILES string of the molecule is O=C(Nc1nn(Cc2ccc(F)cc2)cc1Br)c1ccc(COc2ccc(F)cc2Cl)o1. The van der Waals surface area contributed by atoms with Gasteiger partial charge in [0.1, 0.15) is 29.8 Å². The molecule has 0 atom stereocenters. The molecule has 2 aromatic heterocycles. The van der Waals surface area contributed by atoms with Gasteiger partial charge in [-0.1, -0.05) is 23.7 Å². The highest BCUT2D eigenvalue weighted by Gasteiger charge is 2.16. The average Bonchev–Trinajstić information content (AvgIpc) is 3.36. The summed E-state index contributed by atoms with van der Waals surface area (Å²) in [4.78, 5) is 12.5. The summed E-state index contributed by atoms with van der Waals surface area (Å²) < 4.78 is 39.4. The van der Waals surface area contributed by atoms with Crippen LogP contribution in [0.4, 0.5) is 14.6 Å². The lowest BCUT2D eigenvalue weighted by molar-refractivity contribution is 0.0992. The summed E-state index contributed by atoms with van der Waals surface area (Å²) in [5, 5.41) is 7.13. The normalized spacial score (nSPS) is 10.9. The Hall–Kier alpha value is -3.17. The van der Waals surface area contributed by atoms with Gasteiger partial charge in [0, 0.05) is 6.20 Å². The number of nitrogens with zero attached hydrogens (tertiary/aromatic N) is 2. The maximum absolute atomic E-state index is 13.1. The van der Waals surface area contributed by atoms with E-state index in [0.29, 0.717) is 28.3 Å². The van der Waals surface area contributed by atoms with Crippen molar-refractivity contribution in [3.63, 3.8) is 0 Å². The van der Waals surface area contributed by atoms with E-state index in [1.807, 2.05) is 0 Å². The fourth-order valence-electron chi connectivity index (χ4n) is 2.83. The number of ether oxygens (including phenoxy) is 1. The number of hydrogen-bond acceptors (Lipinski definition) is 4. The molecule has 2 aromatic carbocycles. The van der Waals surface area contributed by atoms with Crippen LogP contribution in [-0.4, -0.2) is 15.7 Å². The first-order valence-corrected chi connectivity index (χ1v) is 10.5. The Morgan fingerprint density at radius 1 is 1.12 bits per heavy atom. The standard InChI is InChI=1S/C22H15BrClF2N3O3/c23-17-11-29(10-13-1-3-14(25)4-2-13)28-21(17)27-22(30)20-8-6-16(32-20)12-31-19-7-5-15(26)9-18(19)24/h1-9,11H,10,12H2,(H,27,28,30). The lowest BCUT2D eigenvalue weighted by Gasteiger charge is -2.06. The molecule has 32 heavy (non-hydrogen) atoms. The number of anilines is 1. The molecule has 10 heteroatoms. The first kappa shape index (κ1) is 22.0. The van der Waals surface area contributed by atoms with E-state index in [0.717, 1.165) is 11.6 Å². The number of nitrogens with one attached hydrogen (secondary N) is 1. The maximum Gasteiger partial charge on any atom is 0.292 e. The molecule has 0 bridgehead atoms. The van der Waals surface area contributed by atoms with E-state index in [1.54, 1.807) is 29.1 Å². The first-order valence-electron chi connectivity index (χ1n) is 9.33. The van der Waals surface area contributed by atoms with E-state index in [2.05, 4.69) is 26.3 Å². The maximum atomic E-state index is 13.1. The summed E-state index contributed by atoms with van der Waals surface area (Å²) in [6, 6.07) is 13.0. The molecule has 0 saturated carbocycles. The van der Waals surface area contributed by atoms with Gasteiger partial charge >= 0.3 is 0 Å². The van der Waals surface area contributed by atoms with Gasteiger partial charge < -0.3 is 14.5 Å². The third kappa shape index (κ3) is 5.35. The molecular weight excluding hydrogens is 508 g/mol. The molecule has 0 aliphatic heterocycles. The zero-order chi connectivity index (χ0) is 22.7. The second kappa shape index (κ2) is 9.54. The van der Waals surface area contributed by atoms with Crippen LogP contribution in [0.3, 0.4) is 0 Å². The Kier molecular flexibility index (Phi) is 6.57. The molecule has 2 heterocycles. The van der Waals surface area contributed by atoms with E-state index in [1.165, 1.54) is 30.3 Å². The average molecular weight is 523 g/mol. The molecule has 0 unspecified atom stereocenters. The van der Waals surface area contributed by atoms with Crippen LogP contribution in [0.25, 0.3) is 0 Å². The van der Waals surface area contributed by atoms with Crippen molar-refractivity contribution in [2.45, 2.75) is 13.2 Å².